The Morgan fingerprint density at radius 1 is 1.00 bits per heavy atom. The van der Waals surface area contributed by atoms with Gasteiger partial charge in [-0.2, -0.15) is 0 Å². The van der Waals surface area contributed by atoms with Crippen molar-refractivity contribution in [2.75, 3.05) is 0 Å². The molecule has 0 aliphatic heterocycles. The number of unbranched alkanes of at least 4 members (excludes halogenated alkanes) is 4. The van der Waals surface area contributed by atoms with E-state index < -0.39 is 12.1 Å². The van der Waals surface area contributed by atoms with E-state index in [0.717, 1.165) is 18.8 Å². The summed E-state index contributed by atoms with van der Waals surface area (Å²) in [4.78, 5) is 10.4. The third-order valence-corrected chi connectivity index (χ3v) is 4.92. The van der Waals surface area contributed by atoms with Gasteiger partial charge in [0, 0.05) is 6.42 Å². The summed E-state index contributed by atoms with van der Waals surface area (Å²) >= 11 is 0. The molecule has 0 unspecified atom stereocenters. The molecule has 1 fully saturated rings. The number of carboxylic acids is 1. The Morgan fingerprint density at radius 3 is 2.38 bits per heavy atom. The maximum atomic E-state index is 10.4. The fourth-order valence-corrected chi connectivity index (χ4v) is 3.12. The van der Waals surface area contributed by atoms with Crippen LogP contribution in [0.15, 0.2) is 36.5 Å². The lowest BCUT2D eigenvalue weighted by Gasteiger charge is -2.11. The van der Waals surface area contributed by atoms with E-state index in [2.05, 4.69) is 25.2 Å². The Hall–Kier alpha value is -1.35. The van der Waals surface area contributed by atoms with Crippen molar-refractivity contribution in [1.82, 2.24) is 0 Å². The molecule has 2 N–H and O–H groups in total. The zero-order chi connectivity index (χ0) is 19.0. The summed E-state index contributed by atoms with van der Waals surface area (Å²) in [5.41, 5.74) is 0. The van der Waals surface area contributed by atoms with Gasteiger partial charge in [-0.25, -0.2) is 0 Å². The first kappa shape index (κ1) is 22.7. The van der Waals surface area contributed by atoms with Crippen molar-refractivity contribution in [3.63, 3.8) is 0 Å². The van der Waals surface area contributed by atoms with Crippen molar-refractivity contribution in [2.45, 2.75) is 90.1 Å². The monoisotopic (exact) mass is 362 g/mol. The fourth-order valence-electron chi connectivity index (χ4n) is 3.12. The van der Waals surface area contributed by atoms with Crippen molar-refractivity contribution >= 4 is 5.97 Å². The molecule has 3 heteroatoms. The molecule has 1 aliphatic carbocycles. The Labute approximate surface area is 159 Å². The van der Waals surface area contributed by atoms with Gasteiger partial charge in [0.2, 0.25) is 0 Å². The van der Waals surface area contributed by atoms with Gasteiger partial charge in [-0.05, 0) is 69.6 Å². The van der Waals surface area contributed by atoms with Crippen LogP contribution in [0.25, 0.3) is 0 Å². The lowest BCUT2D eigenvalue weighted by Crippen LogP contribution is -2.04. The van der Waals surface area contributed by atoms with Crippen LogP contribution < -0.4 is 0 Å². The van der Waals surface area contributed by atoms with Crippen LogP contribution >= 0.6 is 0 Å². The molecule has 3 nitrogen and oxygen atoms in total. The van der Waals surface area contributed by atoms with E-state index in [0.29, 0.717) is 18.8 Å². The average Bonchev–Trinajstić information content (AvgIpc) is 3.44. The summed E-state index contributed by atoms with van der Waals surface area (Å²) in [6, 6.07) is 0. The Morgan fingerprint density at radius 2 is 1.69 bits per heavy atom. The normalized spacial score (nSPS) is 17.5. The van der Waals surface area contributed by atoms with Crippen LogP contribution in [0, 0.1) is 11.8 Å². The molecular weight excluding hydrogens is 324 g/mol. The lowest BCUT2D eigenvalue weighted by atomic mass is 9.96. The summed E-state index contributed by atoms with van der Waals surface area (Å²) in [6.45, 7) is 2.24. The number of hydrogen-bond donors (Lipinski definition) is 2. The number of allylic oxidation sites excluding steroid dienone is 4. The minimum Gasteiger partial charge on any atom is -0.481 e. The van der Waals surface area contributed by atoms with Gasteiger partial charge in [0.25, 0.3) is 0 Å². The van der Waals surface area contributed by atoms with Crippen LogP contribution in [0.5, 0.6) is 0 Å². The maximum Gasteiger partial charge on any atom is 0.303 e. The molecule has 0 bridgehead atoms. The minimum absolute atomic E-state index is 0.211. The SMILES string of the molecule is CCCCCC=CCC[C@H](C=C[C@@H](O)CC=CCCCC(=O)O)C1CC1. The molecule has 0 aromatic rings. The number of carbonyl (C=O) groups is 1. The van der Waals surface area contributed by atoms with Gasteiger partial charge in [-0.15, -0.1) is 0 Å². The highest BCUT2D eigenvalue weighted by atomic mass is 16.4. The van der Waals surface area contributed by atoms with Crippen LogP contribution in [0.2, 0.25) is 0 Å². The molecule has 0 spiro atoms. The molecule has 148 valence electrons. The largest absolute Gasteiger partial charge is 0.481 e. The summed E-state index contributed by atoms with van der Waals surface area (Å²) in [5, 5.41) is 18.7. The van der Waals surface area contributed by atoms with Crippen LogP contribution in [0.4, 0.5) is 0 Å². The third kappa shape index (κ3) is 12.9. The third-order valence-electron chi connectivity index (χ3n) is 4.92. The van der Waals surface area contributed by atoms with Gasteiger partial charge < -0.3 is 10.2 Å². The number of rotatable bonds is 16. The van der Waals surface area contributed by atoms with Gasteiger partial charge in [-0.1, -0.05) is 56.2 Å². The zero-order valence-electron chi connectivity index (χ0n) is 16.5. The van der Waals surface area contributed by atoms with E-state index in [-0.39, 0.29) is 6.42 Å². The van der Waals surface area contributed by atoms with Crippen molar-refractivity contribution in [2.24, 2.45) is 11.8 Å². The Bertz CT molecular complexity index is 446. The number of aliphatic carboxylic acids is 1. The number of carboxylic acid groups (broad SMARTS) is 1. The first-order valence-electron chi connectivity index (χ1n) is 10.5. The summed E-state index contributed by atoms with van der Waals surface area (Å²) < 4.78 is 0. The van der Waals surface area contributed by atoms with Crippen LogP contribution in [0.1, 0.15) is 84.0 Å². The Balaban J connectivity index is 2.19. The fraction of sp³-hybridized carbons (Fsp3) is 0.696. The highest BCUT2D eigenvalue weighted by Crippen LogP contribution is 2.40. The Kier molecular flexibility index (Phi) is 12.9. The van der Waals surface area contributed by atoms with Gasteiger partial charge in [0.05, 0.1) is 6.10 Å². The number of hydrogen-bond acceptors (Lipinski definition) is 2. The molecular formula is C23H38O3. The quantitative estimate of drug-likeness (QED) is 0.260. The van der Waals surface area contributed by atoms with E-state index in [9.17, 15) is 9.90 Å². The first-order valence-corrected chi connectivity index (χ1v) is 10.5. The molecule has 2 atom stereocenters. The second-order valence-electron chi connectivity index (χ2n) is 7.49. The maximum absolute atomic E-state index is 10.4. The van der Waals surface area contributed by atoms with Gasteiger partial charge >= 0.3 is 5.97 Å². The molecule has 0 saturated heterocycles. The molecule has 1 aliphatic rings. The molecule has 0 aromatic carbocycles. The highest BCUT2D eigenvalue weighted by Gasteiger charge is 2.28. The molecule has 0 amide bonds. The van der Waals surface area contributed by atoms with Gasteiger partial charge in [0.1, 0.15) is 0 Å². The standard InChI is InChI=1S/C23H38O3/c1-2-3-4-5-6-7-10-13-20(21-16-17-21)18-19-22(24)14-11-8-9-12-15-23(25)26/h6-8,11,18-22,24H,2-5,9-10,12-17H2,1H3,(H,25,26)/t20-,22+/m1/s1. The predicted octanol–water partition coefficient (Wildman–Crippen LogP) is 6.05. The second-order valence-corrected chi connectivity index (χ2v) is 7.49. The van der Waals surface area contributed by atoms with Crippen LogP contribution in [-0.2, 0) is 4.79 Å². The van der Waals surface area contributed by atoms with Gasteiger partial charge in [-0.3, -0.25) is 4.79 Å². The number of aliphatic hydroxyl groups excluding tert-OH is 1. The van der Waals surface area contributed by atoms with Crippen molar-refractivity contribution in [3.8, 4) is 0 Å². The van der Waals surface area contributed by atoms with Crippen molar-refractivity contribution in [1.29, 1.82) is 0 Å². The average molecular weight is 363 g/mol. The topological polar surface area (TPSA) is 57.5 Å². The predicted molar refractivity (Wildman–Crippen MR) is 109 cm³/mol. The van der Waals surface area contributed by atoms with E-state index in [1.54, 1.807) is 0 Å². The molecule has 0 heterocycles. The molecule has 0 aromatic heterocycles. The van der Waals surface area contributed by atoms with Crippen molar-refractivity contribution in [3.05, 3.63) is 36.5 Å². The van der Waals surface area contributed by atoms with Crippen LogP contribution in [0.3, 0.4) is 0 Å². The highest BCUT2D eigenvalue weighted by molar-refractivity contribution is 5.66. The van der Waals surface area contributed by atoms with E-state index in [1.807, 2.05) is 18.2 Å². The lowest BCUT2D eigenvalue weighted by molar-refractivity contribution is -0.137. The zero-order valence-corrected chi connectivity index (χ0v) is 16.5. The van der Waals surface area contributed by atoms with E-state index in [4.69, 9.17) is 5.11 Å². The van der Waals surface area contributed by atoms with Crippen molar-refractivity contribution < 1.29 is 15.0 Å². The van der Waals surface area contributed by atoms with E-state index in [1.165, 1.54) is 44.9 Å². The van der Waals surface area contributed by atoms with Gasteiger partial charge in [0.15, 0.2) is 0 Å². The second kappa shape index (κ2) is 14.8. The molecule has 0 radical (unpaired) electrons. The molecule has 1 saturated carbocycles. The van der Waals surface area contributed by atoms with E-state index >= 15 is 0 Å². The smallest absolute Gasteiger partial charge is 0.303 e. The molecule has 1 rings (SSSR count). The summed E-state index contributed by atoms with van der Waals surface area (Å²) in [6.07, 6.45) is 24.7. The molecule has 26 heavy (non-hydrogen) atoms. The minimum atomic E-state index is -0.747. The summed E-state index contributed by atoms with van der Waals surface area (Å²) in [5.74, 6) is 0.672. The summed E-state index contributed by atoms with van der Waals surface area (Å²) in [7, 11) is 0. The number of aliphatic hydroxyl groups is 1. The first-order chi connectivity index (χ1) is 12.6. The van der Waals surface area contributed by atoms with Crippen LogP contribution in [-0.4, -0.2) is 22.3 Å².